The SMILES string of the molecule is Cn1cnc2c(N)nc(N3CCCC3)nc21. The topological polar surface area (TPSA) is 72.9 Å². The van der Waals surface area contributed by atoms with Crippen LogP contribution in [0.3, 0.4) is 0 Å². The summed E-state index contributed by atoms with van der Waals surface area (Å²) in [6, 6.07) is 0. The highest BCUT2D eigenvalue weighted by Crippen LogP contribution is 2.21. The summed E-state index contributed by atoms with van der Waals surface area (Å²) in [6.07, 6.45) is 4.11. The Morgan fingerprint density at radius 3 is 2.75 bits per heavy atom. The Kier molecular flexibility index (Phi) is 1.95. The normalized spacial score (nSPS) is 16.2. The van der Waals surface area contributed by atoms with Crippen molar-refractivity contribution in [1.29, 1.82) is 0 Å². The van der Waals surface area contributed by atoms with E-state index in [4.69, 9.17) is 5.73 Å². The summed E-state index contributed by atoms with van der Waals surface area (Å²) in [5, 5.41) is 0. The van der Waals surface area contributed by atoms with Crippen molar-refractivity contribution < 1.29 is 0 Å². The lowest BCUT2D eigenvalue weighted by molar-refractivity contribution is 0.887. The quantitative estimate of drug-likeness (QED) is 0.756. The van der Waals surface area contributed by atoms with Crippen LogP contribution in [-0.2, 0) is 7.05 Å². The van der Waals surface area contributed by atoms with Crippen LogP contribution >= 0.6 is 0 Å². The molecule has 3 rings (SSSR count). The lowest BCUT2D eigenvalue weighted by atomic mass is 10.4. The van der Waals surface area contributed by atoms with Gasteiger partial charge < -0.3 is 15.2 Å². The monoisotopic (exact) mass is 218 g/mol. The van der Waals surface area contributed by atoms with Crippen molar-refractivity contribution >= 4 is 22.9 Å². The molecule has 6 heteroatoms. The van der Waals surface area contributed by atoms with Crippen molar-refractivity contribution in [2.45, 2.75) is 12.8 Å². The van der Waals surface area contributed by atoms with E-state index in [2.05, 4.69) is 19.9 Å². The summed E-state index contributed by atoms with van der Waals surface area (Å²) >= 11 is 0. The van der Waals surface area contributed by atoms with Gasteiger partial charge in [0.1, 0.15) is 5.52 Å². The second-order valence-corrected chi connectivity index (χ2v) is 4.13. The minimum Gasteiger partial charge on any atom is -0.382 e. The van der Waals surface area contributed by atoms with Gasteiger partial charge in [-0.1, -0.05) is 0 Å². The molecule has 0 amide bonds. The first-order valence-electron chi connectivity index (χ1n) is 5.45. The van der Waals surface area contributed by atoms with E-state index in [9.17, 15) is 0 Å². The van der Waals surface area contributed by atoms with Crippen LogP contribution in [-0.4, -0.2) is 32.6 Å². The van der Waals surface area contributed by atoms with Gasteiger partial charge in [-0.3, -0.25) is 0 Å². The van der Waals surface area contributed by atoms with Gasteiger partial charge in [0.25, 0.3) is 0 Å². The van der Waals surface area contributed by atoms with E-state index in [0.29, 0.717) is 11.3 Å². The van der Waals surface area contributed by atoms with Gasteiger partial charge in [0.2, 0.25) is 5.95 Å². The number of hydrogen-bond donors (Lipinski definition) is 1. The minimum absolute atomic E-state index is 0.465. The average molecular weight is 218 g/mol. The first kappa shape index (κ1) is 9.38. The number of rotatable bonds is 1. The number of anilines is 2. The molecule has 2 N–H and O–H groups in total. The van der Waals surface area contributed by atoms with Crippen molar-refractivity contribution in [2.24, 2.45) is 7.05 Å². The maximum absolute atomic E-state index is 5.88. The fourth-order valence-corrected chi connectivity index (χ4v) is 2.08. The fraction of sp³-hybridized carbons (Fsp3) is 0.500. The van der Waals surface area contributed by atoms with E-state index in [1.807, 2.05) is 11.6 Å². The van der Waals surface area contributed by atoms with Gasteiger partial charge in [-0.2, -0.15) is 9.97 Å². The van der Waals surface area contributed by atoms with Crippen molar-refractivity contribution in [2.75, 3.05) is 23.7 Å². The van der Waals surface area contributed by atoms with Gasteiger partial charge in [-0.15, -0.1) is 0 Å². The lowest BCUT2D eigenvalue weighted by Gasteiger charge is -2.15. The summed E-state index contributed by atoms with van der Waals surface area (Å²) in [5.74, 6) is 1.19. The Labute approximate surface area is 93.1 Å². The molecule has 0 aliphatic carbocycles. The van der Waals surface area contributed by atoms with E-state index in [1.165, 1.54) is 12.8 Å². The molecule has 0 bridgehead atoms. The Bertz CT molecular complexity index is 525. The molecule has 3 heterocycles. The number of aromatic nitrogens is 4. The molecule has 0 radical (unpaired) electrons. The van der Waals surface area contributed by atoms with Gasteiger partial charge in [0.05, 0.1) is 6.33 Å². The second kappa shape index (κ2) is 3.33. The van der Waals surface area contributed by atoms with Gasteiger partial charge >= 0.3 is 0 Å². The maximum Gasteiger partial charge on any atom is 0.229 e. The molecule has 6 nitrogen and oxygen atoms in total. The third-order valence-corrected chi connectivity index (χ3v) is 2.96. The van der Waals surface area contributed by atoms with Gasteiger partial charge in [-0.05, 0) is 12.8 Å². The summed E-state index contributed by atoms with van der Waals surface area (Å²) in [7, 11) is 1.91. The second-order valence-electron chi connectivity index (χ2n) is 4.13. The van der Waals surface area contributed by atoms with Gasteiger partial charge in [0.15, 0.2) is 11.5 Å². The van der Waals surface area contributed by atoms with Crippen LogP contribution in [0, 0.1) is 0 Å². The lowest BCUT2D eigenvalue weighted by Crippen LogP contribution is -2.21. The first-order chi connectivity index (χ1) is 7.75. The molecule has 16 heavy (non-hydrogen) atoms. The van der Waals surface area contributed by atoms with E-state index in [-0.39, 0.29) is 0 Å². The molecule has 84 valence electrons. The van der Waals surface area contributed by atoms with Crippen LogP contribution in [0.4, 0.5) is 11.8 Å². The van der Waals surface area contributed by atoms with E-state index in [1.54, 1.807) is 6.33 Å². The molecule has 1 aliphatic heterocycles. The molecule has 1 fully saturated rings. The first-order valence-corrected chi connectivity index (χ1v) is 5.45. The number of fused-ring (bicyclic) bond motifs is 1. The van der Waals surface area contributed by atoms with Crippen molar-refractivity contribution in [3.63, 3.8) is 0 Å². The zero-order chi connectivity index (χ0) is 11.1. The van der Waals surface area contributed by atoms with Crippen LogP contribution < -0.4 is 10.6 Å². The van der Waals surface area contributed by atoms with E-state index in [0.717, 1.165) is 24.7 Å². The summed E-state index contributed by atoms with van der Waals surface area (Å²) < 4.78 is 1.87. The van der Waals surface area contributed by atoms with Crippen molar-refractivity contribution in [1.82, 2.24) is 19.5 Å². The molecule has 1 saturated heterocycles. The number of nitrogen functional groups attached to an aromatic ring is 1. The molecular formula is C10H14N6. The zero-order valence-electron chi connectivity index (χ0n) is 9.22. The Morgan fingerprint density at radius 2 is 2.00 bits per heavy atom. The zero-order valence-corrected chi connectivity index (χ0v) is 9.22. The standard InChI is InChI=1S/C10H14N6/c1-15-6-12-7-8(11)13-10(14-9(7)15)16-4-2-3-5-16/h6H,2-5H2,1H3,(H2,11,13,14). The highest BCUT2D eigenvalue weighted by molar-refractivity contribution is 5.82. The Balaban J connectivity index is 2.15. The molecule has 2 aromatic heterocycles. The van der Waals surface area contributed by atoms with Crippen LogP contribution in [0.5, 0.6) is 0 Å². The number of imidazole rings is 1. The van der Waals surface area contributed by atoms with Crippen molar-refractivity contribution in [3.05, 3.63) is 6.33 Å². The molecule has 2 aromatic rings. The van der Waals surface area contributed by atoms with Gasteiger partial charge in [-0.25, -0.2) is 4.98 Å². The fourth-order valence-electron chi connectivity index (χ4n) is 2.08. The highest BCUT2D eigenvalue weighted by atomic mass is 15.3. The third-order valence-electron chi connectivity index (χ3n) is 2.96. The Morgan fingerprint density at radius 1 is 1.25 bits per heavy atom. The van der Waals surface area contributed by atoms with Crippen LogP contribution in [0.2, 0.25) is 0 Å². The number of aryl methyl sites for hydroxylation is 1. The maximum atomic E-state index is 5.88. The summed E-state index contributed by atoms with van der Waals surface area (Å²) in [6.45, 7) is 2.03. The number of nitrogens with zero attached hydrogens (tertiary/aromatic N) is 5. The minimum atomic E-state index is 0.465. The molecule has 0 spiro atoms. The predicted molar refractivity (Wildman–Crippen MR) is 62.2 cm³/mol. The van der Waals surface area contributed by atoms with Gasteiger partial charge in [0, 0.05) is 20.1 Å². The average Bonchev–Trinajstić information content (AvgIpc) is 2.88. The van der Waals surface area contributed by atoms with Crippen LogP contribution in [0.1, 0.15) is 12.8 Å². The van der Waals surface area contributed by atoms with Crippen molar-refractivity contribution in [3.8, 4) is 0 Å². The van der Waals surface area contributed by atoms with E-state index < -0.39 is 0 Å². The summed E-state index contributed by atoms with van der Waals surface area (Å²) in [4.78, 5) is 15.2. The number of nitrogens with two attached hydrogens (primary N) is 1. The molecule has 0 aromatic carbocycles. The smallest absolute Gasteiger partial charge is 0.229 e. The molecule has 0 atom stereocenters. The van der Waals surface area contributed by atoms with E-state index >= 15 is 0 Å². The third kappa shape index (κ3) is 1.30. The largest absolute Gasteiger partial charge is 0.382 e. The summed E-state index contributed by atoms with van der Waals surface area (Å²) in [5.41, 5.74) is 7.37. The molecular weight excluding hydrogens is 204 g/mol. The Hall–Kier alpha value is -1.85. The van der Waals surface area contributed by atoms with Crippen LogP contribution in [0.15, 0.2) is 6.33 Å². The molecule has 0 saturated carbocycles. The highest BCUT2D eigenvalue weighted by Gasteiger charge is 2.17. The number of hydrogen-bond acceptors (Lipinski definition) is 5. The van der Waals surface area contributed by atoms with Crippen LogP contribution in [0.25, 0.3) is 11.2 Å². The molecule has 1 aliphatic rings. The molecule has 0 unspecified atom stereocenters. The predicted octanol–water partition coefficient (Wildman–Crippen LogP) is 0.546.